The maximum Gasteiger partial charge on any atom is 0.216 e. The Bertz CT molecular complexity index is 384. The molecule has 2 rings (SSSR count). The van der Waals surface area contributed by atoms with E-state index in [0.29, 0.717) is 32.2 Å². The topological polar surface area (TPSA) is 55.8 Å². The van der Waals surface area contributed by atoms with Gasteiger partial charge >= 0.3 is 0 Å². The Morgan fingerprint density at radius 3 is 2.29 bits per heavy atom. The highest BCUT2D eigenvalue weighted by molar-refractivity contribution is 7.89. The van der Waals surface area contributed by atoms with Gasteiger partial charge in [0.05, 0.1) is 18.5 Å². The third kappa shape index (κ3) is 4.91. The van der Waals surface area contributed by atoms with E-state index in [9.17, 15) is 8.42 Å². The van der Waals surface area contributed by atoms with Gasteiger partial charge in [0.1, 0.15) is 0 Å². The molecule has 0 spiro atoms. The summed E-state index contributed by atoms with van der Waals surface area (Å²) in [7, 11) is -1.40. The lowest BCUT2D eigenvalue weighted by atomic mass is 9.99. The highest BCUT2D eigenvalue weighted by atomic mass is 32.2. The largest absolute Gasteiger partial charge is 0.382 e. The molecule has 2 fully saturated rings. The summed E-state index contributed by atoms with van der Waals surface area (Å²) in [4.78, 5) is 0. The molecule has 0 bridgehead atoms. The van der Waals surface area contributed by atoms with Gasteiger partial charge in [-0.05, 0) is 31.6 Å². The zero-order valence-corrected chi connectivity index (χ0v) is 13.9. The summed E-state index contributed by atoms with van der Waals surface area (Å²) in [6, 6.07) is 0. The average Bonchev–Trinajstić information content (AvgIpc) is 2.53. The van der Waals surface area contributed by atoms with Crippen molar-refractivity contribution in [2.24, 2.45) is 5.92 Å². The summed E-state index contributed by atoms with van der Waals surface area (Å²) in [5.41, 5.74) is 0. The van der Waals surface area contributed by atoms with Gasteiger partial charge in [0.2, 0.25) is 10.0 Å². The first kappa shape index (κ1) is 17.2. The Morgan fingerprint density at radius 2 is 1.67 bits per heavy atom. The Hall–Kier alpha value is -0.170. The van der Waals surface area contributed by atoms with E-state index < -0.39 is 10.0 Å². The first-order chi connectivity index (χ1) is 10.1. The molecule has 1 heterocycles. The predicted octanol–water partition coefficient (Wildman–Crippen LogP) is 2.02. The third-order valence-corrected chi connectivity index (χ3v) is 7.09. The van der Waals surface area contributed by atoms with Gasteiger partial charge in [-0.3, -0.25) is 0 Å². The molecule has 2 aliphatic rings. The van der Waals surface area contributed by atoms with Crippen molar-refractivity contribution in [2.45, 2.75) is 50.2 Å². The van der Waals surface area contributed by atoms with Crippen molar-refractivity contribution in [3.05, 3.63) is 0 Å². The van der Waals surface area contributed by atoms with E-state index in [1.165, 1.54) is 6.42 Å². The van der Waals surface area contributed by atoms with Crippen LogP contribution < -0.4 is 0 Å². The number of sulfonamides is 1. The summed E-state index contributed by atoms with van der Waals surface area (Å²) in [5.74, 6) is 0.486. The molecule has 0 amide bonds. The Balaban J connectivity index is 1.74. The van der Waals surface area contributed by atoms with Crippen molar-refractivity contribution in [1.29, 1.82) is 0 Å². The fraction of sp³-hybridized carbons (Fsp3) is 1.00. The van der Waals surface area contributed by atoms with Crippen LogP contribution in [0.1, 0.15) is 44.9 Å². The van der Waals surface area contributed by atoms with Crippen LogP contribution in [-0.2, 0) is 19.5 Å². The molecule has 0 aromatic rings. The fourth-order valence-corrected chi connectivity index (χ4v) is 5.37. The SMILES string of the molecule is COCCOCC1CCN(S(=O)(=O)C2CCCCC2)CC1. The van der Waals surface area contributed by atoms with Crippen molar-refractivity contribution in [3.8, 4) is 0 Å². The Kier molecular flexibility index (Phi) is 6.92. The van der Waals surface area contributed by atoms with Crippen molar-refractivity contribution >= 4 is 10.0 Å². The molecule has 1 saturated heterocycles. The molecule has 21 heavy (non-hydrogen) atoms. The number of rotatable bonds is 7. The molecule has 124 valence electrons. The van der Waals surface area contributed by atoms with Gasteiger partial charge in [0, 0.05) is 26.8 Å². The summed E-state index contributed by atoms with van der Waals surface area (Å²) >= 11 is 0. The molecule has 0 radical (unpaired) electrons. The number of ether oxygens (including phenoxy) is 2. The van der Waals surface area contributed by atoms with Crippen LogP contribution >= 0.6 is 0 Å². The summed E-state index contributed by atoms with van der Waals surface area (Å²) < 4.78 is 37.5. The summed E-state index contributed by atoms with van der Waals surface area (Å²) in [6.45, 7) is 3.29. The predicted molar refractivity (Wildman–Crippen MR) is 82.8 cm³/mol. The summed E-state index contributed by atoms with van der Waals surface area (Å²) in [6.07, 6.45) is 6.84. The van der Waals surface area contributed by atoms with Crippen LogP contribution in [0.3, 0.4) is 0 Å². The maximum atomic E-state index is 12.6. The lowest BCUT2D eigenvalue weighted by Crippen LogP contribution is -2.44. The second kappa shape index (κ2) is 8.46. The van der Waals surface area contributed by atoms with Gasteiger partial charge in [-0.25, -0.2) is 12.7 Å². The van der Waals surface area contributed by atoms with Gasteiger partial charge < -0.3 is 9.47 Å². The number of hydrogen-bond donors (Lipinski definition) is 0. The lowest BCUT2D eigenvalue weighted by Gasteiger charge is -2.34. The number of hydrogen-bond acceptors (Lipinski definition) is 4. The second-order valence-electron chi connectivity index (χ2n) is 6.22. The van der Waals surface area contributed by atoms with Gasteiger partial charge in [-0.15, -0.1) is 0 Å². The molecule has 5 nitrogen and oxygen atoms in total. The van der Waals surface area contributed by atoms with Gasteiger partial charge in [-0.2, -0.15) is 0 Å². The van der Waals surface area contributed by atoms with E-state index in [4.69, 9.17) is 9.47 Å². The standard InChI is InChI=1S/C15H29NO4S/c1-19-11-12-20-13-14-7-9-16(10-8-14)21(17,18)15-5-3-2-4-6-15/h14-15H,2-13H2,1H3. The molecule has 1 saturated carbocycles. The molecule has 0 N–H and O–H groups in total. The zero-order valence-electron chi connectivity index (χ0n) is 13.1. The van der Waals surface area contributed by atoms with E-state index in [1.807, 2.05) is 0 Å². The van der Waals surface area contributed by atoms with Crippen LogP contribution in [0.25, 0.3) is 0 Å². The van der Waals surface area contributed by atoms with E-state index in [0.717, 1.165) is 45.1 Å². The molecule has 1 aliphatic heterocycles. The molecule has 0 unspecified atom stereocenters. The van der Waals surface area contributed by atoms with E-state index in [1.54, 1.807) is 11.4 Å². The van der Waals surface area contributed by atoms with Gasteiger partial charge in [0.15, 0.2) is 0 Å². The third-order valence-electron chi connectivity index (χ3n) is 4.69. The zero-order chi connectivity index (χ0) is 15.1. The van der Waals surface area contributed by atoms with Crippen molar-refractivity contribution < 1.29 is 17.9 Å². The Morgan fingerprint density at radius 1 is 1.00 bits per heavy atom. The Labute approximate surface area is 129 Å². The normalized spacial score (nSPS) is 23.5. The quantitative estimate of drug-likeness (QED) is 0.674. The van der Waals surface area contributed by atoms with Crippen LogP contribution in [0, 0.1) is 5.92 Å². The maximum absolute atomic E-state index is 12.6. The molecule has 0 aromatic heterocycles. The van der Waals surface area contributed by atoms with Crippen LogP contribution in [0.15, 0.2) is 0 Å². The number of piperidine rings is 1. The molecule has 1 aliphatic carbocycles. The van der Waals surface area contributed by atoms with E-state index in [2.05, 4.69) is 0 Å². The molecule has 6 heteroatoms. The monoisotopic (exact) mass is 319 g/mol. The van der Waals surface area contributed by atoms with Crippen LogP contribution in [0.4, 0.5) is 0 Å². The minimum Gasteiger partial charge on any atom is -0.382 e. The highest BCUT2D eigenvalue weighted by Gasteiger charge is 2.35. The second-order valence-corrected chi connectivity index (χ2v) is 8.43. The molecular weight excluding hydrogens is 290 g/mol. The summed E-state index contributed by atoms with van der Waals surface area (Å²) in [5, 5.41) is -0.124. The van der Waals surface area contributed by atoms with Crippen LogP contribution in [-0.4, -0.2) is 58.0 Å². The van der Waals surface area contributed by atoms with Gasteiger partial charge in [0.25, 0.3) is 0 Å². The first-order valence-corrected chi connectivity index (χ1v) is 9.70. The van der Waals surface area contributed by atoms with E-state index in [-0.39, 0.29) is 5.25 Å². The average molecular weight is 319 g/mol. The lowest BCUT2D eigenvalue weighted by molar-refractivity contribution is 0.0409. The molecule has 0 aromatic carbocycles. The van der Waals surface area contributed by atoms with Crippen LogP contribution in [0.5, 0.6) is 0 Å². The number of nitrogens with zero attached hydrogens (tertiary/aromatic N) is 1. The van der Waals surface area contributed by atoms with Crippen LogP contribution in [0.2, 0.25) is 0 Å². The minimum atomic E-state index is -3.07. The minimum absolute atomic E-state index is 0.124. The van der Waals surface area contributed by atoms with E-state index >= 15 is 0 Å². The van der Waals surface area contributed by atoms with Crippen molar-refractivity contribution in [2.75, 3.05) is 40.0 Å². The van der Waals surface area contributed by atoms with Crippen molar-refractivity contribution in [3.63, 3.8) is 0 Å². The fourth-order valence-electron chi connectivity index (χ4n) is 3.30. The highest BCUT2D eigenvalue weighted by Crippen LogP contribution is 2.29. The van der Waals surface area contributed by atoms with Gasteiger partial charge in [-0.1, -0.05) is 19.3 Å². The first-order valence-electron chi connectivity index (χ1n) is 8.20. The molecule has 0 atom stereocenters. The molecular formula is C15H29NO4S. The smallest absolute Gasteiger partial charge is 0.216 e. The number of methoxy groups -OCH3 is 1. The van der Waals surface area contributed by atoms with Crippen molar-refractivity contribution in [1.82, 2.24) is 4.31 Å².